The van der Waals surface area contributed by atoms with Gasteiger partial charge in [0.2, 0.25) is 5.95 Å². The summed E-state index contributed by atoms with van der Waals surface area (Å²) in [6, 6.07) is 15.9. The Labute approximate surface area is 209 Å². The SMILES string of the molecule is COCC(C)(C)OC(=O)c1c(NC(=O)COc2cccc(Cl)c2)nc(N(C)C)n1-c1ccccc1. The fourth-order valence-electron chi connectivity index (χ4n) is 3.36. The first-order chi connectivity index (χ1) is 16.6. The number of imidazole rings is 1. The number of rotatable bonds is 10. The van der Waals surface area contributed by atoms with Gasteiger partial charge in [0.25, 0.3) is 5.91 Å². The van der Waals surface area contributed by atoms with Crippen molar-refractivity contribution in [2.75, 3.05) is 44.6 Å². The minimum Gasteiger partial charge on any atom is -0.484 e. The maximum absolute atomic E-state index is 13.4. The number of amides is 1. The molecule has 0 saturated carbocycles. The van der Waals surface area contributed by atoms with Crippen molar-refractivity contribution in [1.29, 1.82) is 0 Å². The van der Waals surface area contributed by atoms with Crippen LogP contribution in [0.25, 0.3) is 5.69 Å². The largest absolute Gasteiger partial charge is 0.484 e. The summed E-state index contributed by atoms with van der Waals surface area (Å²) in [5, 5.41) is 3.18. The standard InChI is InChI=1S/C25H29ClN4O5/c1-25(2,16-33-5)35-23(32)21-22(27-20(31)15-34-19-13-9-10-17(26)14-19)28-24(29(3)4)30(21)18-11-7-6-8-12-18/h6-14H,15-16H2,1-5H3,(H,27,31). The molecule has 1 N–H and O–H groups in total. The molecule has 0 atom stereocenters. The number of aromatic nitrogens is 2. The Balaban J connectivity index is 1.97. The number of hydrogen-bond donors (Lipinski definition) is 1. The summed E-state index contributed by atoms with van der Waals surface area (Å²) >= 11 is 5.97. The number of benzene rings is 2. The van der Waals surface area contributed by atoms with Gasteiger partial charge >= 0.3 is 5.97 Å². The van der Waals surface area contributed by atoms with Gasteiger partial charge < -0.3 is 24.4 Å². The van der Waals surface area contributed by atoms with Gasteiger partial charge in [-0.3, -0.25) is 9.36 Å². The van der Waals surface area contributed by atoms with Crippen molar-refractivity contribution >= 4 is 35.2 Å². The Bertz CT molecular complexity index is 1180. The molecule has 0 radical (unpaired) electrons. The van der Waals surface area contributed by atoms with Gasteiger partial charge in [0, 0.05) is 31.9 Å². The number of carbonyl (C=O) groups excluding carboxylic acids is 2. The van der Waals surface area contributed by atoms with Gasteiger partial charge in [0.05, 0.1) is 6.61 Å². The summed E-state index contributed by atoms with van der Waals surface area (Å²) in [5.74, 6) is -0.243. The van der Waals surface area contributed by atoms with Crippen LogP contribution >= 0.6 is 11.6 Å². The van der Waals surface area contributed by atoms with E-state index in [-0.39, 0.29) is 24.7 Å². The average molecular weight is 501 g/mol. The predicted octanol–water partition coefficient (Wildman–Crippen LogP) is 4.19. The van der Waals surface area contributed by atoms with Crippen LogP contribution in [0, 0.1) is 0 Å². The molecule has 3 rings (SSSR count). The van der Waals surface area contributed by atoms with Crippen molar-refractivity contribution in [3.63, 3.8) is 0 Å². The van der Waals surface area contributed by atoms with E-state index in [1.165, 1.54) is 7.11 Å². The lowest BCUT2D eigenvalue weighted by Crippen LogP contribution is -2.34. The van der Waals surface area contributed by atoms with Crippen LogP contribution < -0.4 is 15.0 Å². The third kappa shape index (κ3) is 6.74. The molecule has 1 heterocycles. The number of para-hydroxylation sites is 1. The van der Waals surface area contributed by atoms with Crippen LogP contribution in [0.15, 0.2) is 54.6 Å². The van der Waals surface area contributed by atoms with Crippen molar-refractivity contribution in [3.05, 3.63) is 65.3 Å². The van der Waals surface area contributed by atoms with Gasteiger partial charge in [-0.25, -0.2) is 4.79 Å². The summed E-state index contributed by atoms with van der Waals surface area (Å²) in [5.41, 5.74) is -0.164. The van der Waals surface area contributed by atoms with Crippen molar-refractivity contribution in [3.8, 4) is 11.4 Å². The second-order valence-electron chi connectivity index (χ2n) is 8.55. The topological polar surface area (TPSA) is 94.9 Å². The lowest BCUT2D eigenvalue weighted by Gasteiger charge is -2.25. The zero-order valence-corrected chi connectivity index (χ0v) is 21.1. The van der Waals surface area contributed by atoms with E-state index >= 15 is 0 Å². The Kier molecular flexibility index (Phi) is 8.37. The maximum atomic E-state index is 13.4. The van der Waals surface area contributed by atoms with E-state index in [9.17, 15) is 9.59 Å². The fraction of sp³-hybridized carbons (Fsp3) is 0.320. The smallest absolute Gasteiger partial charge is 0.359 e. The Morgan fingerprint density at radius 3 is 2.46 bits per heavy atom. The molecule has 1 aromatic heterocycles. The maximum Gasteiger partial charge on any atom is 0.359 e. The van der Waals surface area contributed by atoms with Crippen LogP contribution in [-0.2, 0) is 14.3 Å². The third-order valence-corrected chi connectivity index (χ3v) is 4.99. The minimum atomic E-state index is -0.910. The van der Waals surface area contributed by atoms with Crippen molar-refractivity contribution in [2.24, 2.45) is 0 Å². The molecule has 35 heavy (non-hydrogen) atoms. The molecule has 0 aliphatic heterocycles. The third-order valence-electron chi connectivity index (χ3n) is 4.75. The van der Waals surface area contributed by atoms with Crippen LogP contribution in [0.4, 0.5) is 11.8 Å². The molecular weight excluding hydrogens is 472 g/mol. The van der Waals surface area contributed by atoms with Gasteiger partial charge in [-0.2, -0.15) is 4.98 Å². The van der Waals surface area contributed by atoms with Crippen LogP contribution in [0.5, 0.6) is 5.75 Å². The summed E-state index contributed by atoms with van der Waals surface area (Å²) in [6.07, 6.45) is 0. The molecule has 186 valence electrons. The van der Waals surface area contributed by atoms with E-state index in [0.717, 1.165) is 0 Å². The molecule has 0 unspecified atom stereocenters. The lowest BCUT2D eigenvalue weighted by molar-refractivity contribution is -0.118. The van der Waals surface area contributed by atoms with E-state index in [4.69, 9.17) is 25.8 Å². The summed E-state index contributed by atoms with van der Waals surface area (Å²) in [7, 11) is 5.11. The monoisotopic (exact) mass is 500 g/mol. The molecule has 0 fully saturated rings. The van der Waals surface area contributed by atoms with Gasteiger partial charge in [0.15, 0.2) is 18.1 Å². The number of methoxy groups -OCH3 is 1. The van der Waals surface area contributed by atoms with E-state index in [0.29, 0.717) is 22.4 Å². The lowest BCUT2D eigenvalue weighted by atomic mass is 10.1. The first-order valence-corrected chi connectivity index (χ1v) is 11.2. The highest BCUT2D eigenvalue weighted by Gasteiger charge is 2.32. The number of hydrogen-bond acceptors (Lipinski definition) is 7. The van der Waals surface area contributed by atoms with Gasteiger partial charge in [-0.05, 0) is 44.2 Å². The molecule has 2 aromatic carbocycles. The highest BCUT2D eigenvalue weighted by molar-refractivity contribution is 6.30. The van der Waals surface area contributed by atoms with Crippen LogP contribution in [0.2, 0.25) is 5.02 Å². The van der Waals surface area contributed by atoms with Crippen molar-refractivity contribution in [2.45, 2.75) is 19.4 Å². The summed E-state index contributed by atoms with van der Waals surface area (Å²) < 4.78 is 18.1. The number of anilines is 2. The number of esters is 1. The number of nitrogens with one attached hydrogen (secondary N) is 1. The van der Waals surface area contributed by atoms with Gasteiger partial charge in [-0.15, -0.1) is 0 Å². The fourth-order valence-corrected chi connectivity index (χ4v) is 3.54. The minimum absolute atomic E-state index is 0.0514. The normalized spacial score (nSPS) is 11.1. The Morgan fingerprint density at radius 2 is 1.83 bits per heavy atom. The molecule has 0 aliphatic carbocycles. The summed E-state index contributed by atoms with van der Waals surface area (Å²) in [6.45, 7) is 3.36. The molecular formula is C25H29ClN4O5. The molecule has 10 heteroatoms. The highest BCUT2D eigenvalue weighted by Crippen LogP contribution is 2.29. The van der Waals surface area contributed by atoms with Gasteiger partial charge in [-0.1, -0.05) is 35.9 Å². The van der Waals surface area contributed by atoms with E-state index < -0.39 is 17.5 Å². The van der Waals surface area contributed by atoms with Crippen LogP contribution in [-0.4, -0.2) is 61.4 Å². The molecule has 1 amide bonds. The van der Waals surface area contributed by atoms with E-state index in [1.807, 2.05) is 30.3 Å². The van der Waals surface area contributed by atoms with E-state index in [2.05, 4.69) is 10.3 Å². The zero-order valence-electron chi connectivity index (χ0n) is 20.4. The van der Waals surface area contributed by atoms with Gasteiger partial charge in [0.1, 0.15) is 11.4 Å². The van der Waals surface area contributed by atoms with E-state index in [1.54, 1.807) is 61.7 Å². The molecule has 0 spiro atoms. The highest BCUT2D eigenvalue weighted by atomic mass is 35.5. The average Bonchev–Trinajstić information content (AvgIpc) is 3.17. The second-order valence-corrected chi connectivity index (χ2v) is 8.99. The van der Waals surface area contributed by atoms with Crippen LogP contribution in [0.1, 0.15) is 24.3 Å². The number of ether oxygens (including phenoxy) is 3. The summed E-state index contributed by atoms with van der Waals surface area (Å²) in [4.78, 5) is 32.5. The molecule has 9 nitrogen and oxygen atoms in total. The molecule has 0 saturated heterocycles. The molecule has 0 aliphatic rings. The zero-order chi connectivity index (χ0) is 25.6. The predicted molar refractivity (Wildman–Crippen MR) is 135 cm³/mol. The Hall–Kier alpha value is -3.56. The molecule has 0 bridgehead atoms. The molecule has 3 aromatic rings. The Morgan fingerprint density at radius 1 is 1.11 bits per heavy atom. The van der Waals surface area contributed by atoms with Crippen molar-refractivity contribution in [1.82, 2.24) is 9.55 Å². The second kappa shape index (κ2) is 11.2. The quantitative estimate of drug-likeness (QED) is 0.417. The number of nitrogens with zero attached hydrogens (tertiary/aromatic N) is 3. The first kappa shape index (κ1) is 26.1. The van der Waals surface area contributed by atoms with Crippen LogP contribution in [0.3, 0.4) is 0 Å². The first-order valence-electron chi connectivity index (χ1n) is 10.9. The van der Waals surface area contributed by atoms with Crippen molar-refractivity contribution < 1.29 is 23.8 Å². The number of halogens is 1. The number of carbonyl (C=O) groups is 2.